The molecule has 0 aromatic carbocycles. The zero-order valence-corrected chi connectivity index (χ0v) is 12.2. The smallest absolute Gasteiger partial charge is 0.433 e. The summed E-state index contributed by atoms with van der Waals surface area (Å²) in [6.45, 7) is 0. The Labute approximate surface area is 132 Å². The quantitative estimate of drug-likeness (QED) is 0.742. The molecular formula is C14H10F3N5O2. The number of nitrogens with one attached hydrogen (secondary N) is 1. The van der Waals surface area contributed by atoms with Crippen LogP contribution in [0, 0.1) is 0 Å². The number of nitrogens with zero attached hydrogens (tertiary/aromatic N) is 4. The third-order valence-electron chi connectivity index (χ3n) is 3.23. The average Bonchev–Trinajstić information content (AvgIpc) is 2.54. The molecule has 0 aliphatic heterocycles. The van der Waals surface area contributed by atoms with Gasteiger partial charge in [0.1, 0.15) is 23.1 Å². The molecule has 3 rings (SSSR count). The second-order valence-electron chi connectivity index (χ2n) is 4.77. The topological polar surface area (TPSA) is 92.9 Å². The molecule has 0 atom stereocenters. The van der Waals surface area contributed by atoms with Crippen LogP contribution in [-0.4, -0.2) is 31.7 Å². The van der Waals surface area contributed by atoms with E-state index >= 15 is 0 Å². The van der Waals surface area contributed by atoms with Crippen molar-refractivity contribution >= 4 is 16.9 Å². The van der Waals surface area contributed by atoms with Gasteiger partial charge in [0, 0.05) is 7.05 Å². The summed E-state index contributed by atoms with van der Waals surface area (Å²) in [5, 5.41) is 12.2. The van der Waals surface area contributed by atoms with Crippen molar-refractivity contribution in [3.05, 3.63) is 46.6 Å². The predicted molar refractivity (Wildman–Crippen MR) is 79.1 cm³/mol. The molecule has 3 aromatic rings. The van der Waals surface area contributed by atoms with Crippen molar-refractivity contribution in [3.63, 3.8) is 0 Å². The Kier molecular flexibility index (Phi) is 3.59. The summed E-state index contributed by atoms with van der Waals surface area (Å²) in [5.74, 6) is -0.0594. The number of fused-ring (bicyclic) bond motifs is 1. The molecule has 0 amide bonds. The highest BCUT2D eigenvalue weighted by Gasteiger charge is 2.33. The minimum atomic E-state index is -4.67. The molecule has 0 radical (unpaired) electrons. The van der Waals surface area contributed by atoms with Crippen molar-refractivity contribution in [2.75, 3.05) is 12.4 Å². The lowest BCUT2D eigenvalue weighted by Gasteiger charge is -2.13. The van der Waals surface area contributed by atoms with E-state index in [1.165, 1.54) is 25.2 Å². The van der Waals surface area contributed by atoms with Gasteiger partial charge in [0.15, 0.2) is 5.65 Å². The highest BCUT2D eigenvalue weighted by molar-refractivity contribution is 5.87. The molecule has 0 saturated carbocycles. The lowest BCUT2D eigenvalue weighted by Crippen LogP contribution is -2.25. The Morgan fingerprint density at radius 2 is 1.92 bits per heavy atom. The molecule has 3 heterocycles. The fraction of sp³-hybridized carbons (Fsp3) is 0.143. The van der Waals surface area contributed by atoms with Crippen LogP contribution in [0.5, 0.6) is 5.75 Å². The molecule has 0 fully saturated rings. The molecule has 0 unspecified atom stereocenters. The molecule has 0 bridgehead atoms. The summed E-state index contributed by atoms with van der Waals surface area (Å²) in [7, 11) is 1.49. The van der Waals surface area contributed by atoms with Gasteiger partial charge in [-0.2, -0.15) is 18.2 Å². The molecule has 3 aromatic heterocycles. The average molecular weight is 337 g/mol. The molecule has 0 saturated heterocycles. The first kappa shape index (κ1) is 15.7. The second-order valence-corrected chi connectivity index (χ2v) is 4.77. The van der Waals surface area contributed by atoms with Crippen molar-refractivity contribution in [2.45, 2.75) is 6.18 Å². The second kappa shape index (κ2) is 5.48. The molecule has 24 heavy (non-hydrogen) atoms. The molecular weight excluding hydrogens is 327 g/mol. The molecule has 7 nitrogen and oxygen atoms in total. The maximum Gasteiger partial charge on any atom is 0.433 e. The number of rotatable bonds is 2. The predicted octanol–water partition coefficient (Wildman–Crippen LogP) is 1.94. The summed E-state index contributed by atoms with van der Waals surface area (Å²) in [5.41, 5.74) is -2.24. The normalized spacial score (nSPS) is 11.7. The van der Waals surface area contributed by atoms with Crippen LogP contribution in [0.2, 0.25) is 0 Å². The number of aromatic hydroxyl groups is 1. The van der Waals surface area contributed by atoms with E-state index in [2.05, 4.69) is 20.3 Å². The van der Waals surface area contributed by atoms with E-state index in [9.17, 15) is 23.1 Å². The van der Waals surface area contributed by atoms with Gasteiger partial charge >= 0.3 is 11.9 Å². The van der Waals surface area contributed by atoms with Crippen LogP contribution in [-0.2, 0) is 6.18 Å². The SMILES string of the molecule is CNc1nc(=O)n(-c2ccc(O)cn2)c2nc(C(F)(F)F)ccc12. The van der Waals surface area contributed by atoms with Gasteiger partial charge in [0.2, 0.25) is 0 Å². The van der Waals surface area contributed by atoms with Crippen LogP contribution >= 0.6 is 0 Å². The Morgan fingerprint density at radius 3 is 2.50 bits per heavy atom. The van der Waals surface area contributed by atoms with E-state index in [1.54, 1.807) is 0 Å². The van der Waals surface area contributed by atoms with E-state index in [0.717, 1.165) is 16.8 Å². The molecule has 0 aliphatic rings. The number of hydrogen-bond donors (Lipinski definition) is 2. The number of halogens is 3. The minimum absolute atomic E-state index is 0.00947. The van der Waals surface area contributed by atoms with Crippen molar-refractivity contribution in [1.82, 2.24) is 19.5 Å². The van der Waals surface area contributed by atoms with Gasteiger partial charge in [0.05, 0.1) is 11.6 Å². The maximum atomic E-state index is 13.0. The van der Waals surface area contributed by atoms with Crippen LogP contribution in [0.25, 0.3) is 16.9 Å². The number of pyridine rings is 2. The van der Waals surface area contributed by atoms with E-state index < -0.39 is 17.6 Å². The van der Waals surface area contributed by atoms with Gasteiger partial charge in [0.25, 0.3) is 0 Å². The summed E-state index contributed by atoms with van der Waals surface area (Å²) in [4.78, 5) is 23.4. The highest BCUT2D eigenvalue weighted by Crippen LogP contribution is 2.30. The van der Waals surface area contributed by atoms with Gasteiger partial charge in [-0.25, -0.2) is 19.3 Å². The molecule has 10 heteroatoms. The third kappa shape index (κ3) is 2.62. The Hall–Kier alpha value is -3.17. The number of aromatic nitrogens is 4. The molecule has 124 valence electrons. The lowest BCUT2D eigenvalue weighted by molar-refractivity contribution is -0.141. The van der Waals surface area contributed by atoms with Crippen molar-refractivity contribution in [2.24, 2.45) is 0 Å². The zero-order valence-electron chi connectivity index (χ0n) is 12.2. The highest BCUT2D eigenvalue weighted by atomic mass is 19.4. The zero-order chi connectivity index (χ0) is 17.5. The number of alkyl halides is 3. The van der Waals surface area contributed by atoms with Gasteiger partial charge < -0.3 is 10.4 Å². The largest absolute Gasteiger partial charge is 0.506 e. The van der Waals surface area contributed by atoms with E-state index in [0.29, 0.717) is 0 Å². The summed E-state index contributed by atoms with van der Waals surface area (Å²) in [6, 6.07) is 4.52. The van der Waals surface area contributed by atoms with Crippen LogP contribution in [0.15, 0.2) is 35.3 Å². The standard InChI is InChI=1S/C14H10F3N5O2/c1-18-11-8-3-4-9(14(15,16)17)20-12(8)22(13(24)21-11)10-5-2-7(23)6-19-10/h2-6,23H,1H3,(H,18,21,24). The monoisotopic (exact) mass is 337 g/mol. The van der Waals surface area contributed by atoms with E-state index in [4.69, 9.17) is 0 Å². The minimum Gasteiger partial charge on any atom is -0.506 e. The fourth-order valence-electron chi connectivity index (χ4n) is 2.17. The van der Waals surface area contributed by atoms with E-state index in [-0.39, 0.29) is 28.4 Å². The molecule has 2 N–H and O–H groups in total. The molecule has 0 spiro atoms. The Morgan fingerprint density at radius 1 is 1.17 bits per heavy atom. The first-order valence-electron chi connectivity index (χ1n) is 6.65. The summed E-state index contributed by atoms with van der Waals surface area (Å²) < 4.78 is 39.7. The first-order valence-corrected chi connectivity index (χ1v) is 6.65. The van der Waals surface area contributed by atoms with Crippen LogP contribution in [0.3, 0.4) is 0 Å². The van der Waals surface area contributed by atoms with Crippen molar-refractivity contribution in [3.8, 4) is 11.6 Å². The number of anilines is 1. The van der Waals surface area contributed by atoms with E-state index in [1.807, 2.05) is 0 Å². The summed E-state index contributed by atoms with van der Waals surface area (Å²) in [6.07, 6.45) is -3.60. The van der Waals surface area contributed by atoms with Crippen LogP contribution in [0.4, 0.5) is 19.0 Å². The molecule has 0 aliphatic carbocycles. The van der Waals surface area contributed by atoms with Gasteiger partial charge in [-0.05, 0) is 24.3 Å². The number of hydrogen-bond acceptors (Lipinski definition) is 6. The van der Waals surface area contributed by atoms with Crippen LogP contribution < -0.4 is 11.0 Å². The summed E-state index contributed by atoms with van der Waals surface area (Å²) >= 11 is 0. The maximum absolute atomic E-state index is 13.0. The first-order chi connectivity index (χ1) is 11.3. The lowest BCUT2D eigenvalue weighted by atomic mass is 10.2. The Balaban J connectivity index is 2.40. The van der Waals surface area contributed by atoms with Gasteiger partial charge in [-0.15, -0.1) is 0 Å². The van der Waals surface area contributed by atoms with Gasteiger partial charge in [-0.3, -0.25) is 0 Å². The Bertz CT molecular complexity index is 967. The van der Waals surface area contributed by atoms with Crippen molar-refractivity contribution in [1.29, 1.82) is 0 Å². The van der Waals surface area contributed by atoms with Crippen LogP contribution in [0.1, 0.15) is 5.69 Å². The third-order valence-corrected chi connectivity index (χ3v) is 3.23. The van der Waals surface area contributed by atoms with Gasteiger partial charge in [-0.1, -0.05) is 0 Å². The fourth-order valence-corrected chi connectivity index (χ4v) is 2.17. The van der Waals surface area contributed by atoms with Crippen molar-refractivity contribution < 1.29 is 18.3 Å².